The van der Waals surface area contributed by atoms with Gasteiger partial charge in [0, 0.05) is 14.3 Å². The van der Waals surface area contributed by atoms with Gasteiger partial charge in [0.05, 0.1) is 16.5 Å². The summed E-state index contributed by atoms with van der Waals surface area (Å²) in [5.41, 5.74) is 0.179. The quantitative estimate of drug-likeness (QED) is 0.232. The molecular weight excluding hydrogens is 736 g/mol. The number of aromatic amines is 1. The molecule has 3 aromatic rings. The van der Waals surface area contributed by atoms with Gasteiger partial charge in [-0.25, -0.2) is 4.68 Å². The summed E-state index contributed by atoms with van der Waals surface area (Å²) in [6, 6.07) is 9.11. The van der Waals surface area contributed by atoms with E-state index in [0.29, 0.717) is 16.5 Å². The van der Waals surface area contributed by atoms with Crippen LogP contribution in [0.25, 0.3) is 16.5 Å². The molecule has 0 radical (unpaired) electrons. The fourth-order valence-corrected chi connectivity index (χ4v) is 5.79. The number of halogens is 4. The van der Waals surface area contributed by atoms with Crippen molar-refractivity contribution in [2.75, 3.05) is 0 Å². The monoisotopic (exact) mass is 742 g/mol. The number of benzene rings is 2. The minimum Gasteiger partial charge on any atom is -0.267 e. The Balaban J connectivity index is 2.56. The first-order valence-electron chi connectivity index (χ1n) is 6.00. The maximum Gasteiger partial charge on any atom is 0.278 e. The van der Waals surface area contributed by atoms with E-state index in [-0.39, 0.29) is 11.1 Å². The molecule has 0 amide bonds. The summed E-state index contributed by atoms with van der Waals surface area (Å²) >= 11 is 8.70. The highest BCUT2D eigenvalue weighted by Crippen LogP contribution is 2.31. The zero-order valence-electron chi connectivity index (χ0n) is 10.7. The van der Waals surface area contributed by atoms with Gasteiger partial charge in [0.15, 0.2) is 0 Å². The second kappa shape index (κ2) is 6.66. The molecule has 0 aliphatic heterocycles. The van der Waals surface area contributed by atoms with E-state index in [9.17, 15) is 9.59 Å². The highest BCUT2D eigenvalue weighted by molar-refractivity contribution is 14.1. The Morgan fingerprint density at radius 2 is 1.32 bits per heavy atom. The minimum atomic E-state index is -0.255. The number of para-hydroxylation sites is 1. The van der Waals surface area contributed by atoms with E-state index >= 15 is 0 Å². The molecule has 0 bridgehead atoms. The summed E-state index contributed by atoms with van der Waals surface area (Å²) in [6.07, 6.45) is 0. The number of fused-ring (bicyclic) bond motifs is 1. The second-order valence-electron chi connectivity index (χ2n) is 4.42. The van der Waals surface area contributed by atoms with Crippen LogP contribution in [0, 0.1) is 14.3 Å². The minimum absolute atomic E-state index is 0.211. The lowest BCUT2D eigenvalue weighted by atomic mass is 10.2. The molecule has 0 saturated carbocycles. The van der Waals surface area contributed by atoms with Crippen LogP contribution < -0.4 is 11.1 Å². The Morgan fingerprint density at radius 1 is 0.773 bits per heavy atom. The molecule has 0 fully saturated rings. The molecule has 0 unspecified atom stereocenters. The van der Waals surface area contributed by atoms with Crippen LogP contribution in [0.1, 0.15) is 0 Å². The van der Waals surface area contributed by atoms with Gasteiger partial charge in [-0.1, -0.05) is 18.2 Å². The van der Waals surface area contributed by atoms with E-state index in [1.807, 2.05) is 18.2 Å². The lowest BCUT2D eigenvalue weighted by molar-refractivity contribution is 0.800. The van der Waals surface area contributed by atoms with Crippen LogP contribution in [0.5, 0.6) is 0 Å². The van der Waals surface area contributed by atoms with Gasteiger partial charge >= 0.3 is 0 Å². The number of rotatable bonds is 1. The van der Waals surface area contributed by atoms with Gasteiger partial charge in [-0.2, -0.15) is 0 Å². The summed E-state index contributed by atoms with van der Waals surface area (Å²) in [4.78, 5) is 25.4. The predicted octanol–water partition coefficient (Wildman–Crippen LogP) is 4.10. The normalized spacial score (nSPS) is 11.1. The number of nitrogens with zero attached hydrogens (tertiary/aromatic N) is 1. The lowest BCUT2D eigenvalue weighted by Crippen LogP contribution is -2.30. The summed E-state index contributed by atoms with van der Waals surface area (Å²) in [5.74, 6) is 0. The van der Waals surface area contributed by atoms with Crippen molar-refractivity contribution in [3.8, 4) is 5.69 Å². The van der Waals surface area contributed by atoms with Crippen molar-refractivity contribution in [1.29, 1.82) is 0 Å². The molecule has 0 spiro atoms. The van der Waals surface area contributed by atoms with Gasteiger partial charge in [0.2, 0.25) is 0 Å². The van der Waals surface area contributed by atoms with Gasteiger partial charge in [-0.3, -0.25) is 14.7 Å². The summed E-state index contributed by atoms with van der Waals surface area (Å²) in [6.45, 7) is 0. The van der Waals surface area contributed by atoms with Crippen LogP contribution in [-0.2, 0) is 0 Å². The van der Waals surface area contributed by atoms with Crippen molar-refractivity contribution in [3.63, 3.8) is 0 Å². The predicted molar refractivity (Wildman–Crippen MR) is 121 cm³/mol. The molecule has 4 nitrogen and oxygen atoms in total. The summed E-state index contributed by atoms with van der Waals surface area (Å²) in [7, 11) is 0. The highest BCUT2D eigenvalue weighted by Gasteiger charge is 2.20. The molecule has 2 aromatic carbocycles. The Kier molecular flexibility index (Phi) is 5.19. The van der Waals surface area contributed by atoms with Crippen LogP contribution in [0.4, 0.5) is 0 Å². The number of hydrogen-bond donors (Lipinski definition) is 1. The van der Waals surface area contributed by atoms with Crippen molar-refractivity contribution in [1.82, 2.24) is 9.78 Å². The maximum absolute atomic E-state index is 12.9. The molecule has 3 rings (SSSR count). The molecule has 0 aliphatic carbocycles. The maximum atomic E-state index is 12.9. The SMILES string of the molecule is O=c1[nH]n(-c2ccccc2)c(=O)c2c(I)c(I)c(I)c(I)c12. The molecule has 1 heterocycles. The third-order valence-electron chi connectivity index (χ3n) is 3.14. The summed E-state index contributed by atoms with van der Waals surface area (Å²) < 4.78 is 4.94. The molecule has 0 aliphatic rings. The van der Waals surface area contributed by atoms with Crippen molar-refractivity contribution < 1.29 is 0 Å². The molecular formula is C14H6I4N2O2. The Morgan fingerprint density at radius 3 is 1.91 bits per heavy atom. The molecule has 0 atom stereocenters. The summed E-state index contributed by atoms with van der Waals surface area (Å²) in [5, 5.41) is 3.62. The van der Waals surface area contributed by atoms with Crippen molar-refractivity contribution in [2.45, 2.75) is 0 Å². The molecule has 112 valence electrons. The smallest absolute Gasteiger partial charge is 0.267 e. The van der Waals surface area contributed by atoms with Crippen LogP contribution in [-0.4, -0.2) is 9.78 Å². The van der Waals surface area contributed by atoms with Gasteiger partial charge in [-0.15, -0.1) is 0 Å². The van der Waals surface area contributed by atoms with Crippen molar-refractivity contribution in [3.05, 3.63) is 65.3 Å². The van der Waals surface area contributed by atoms with Crippen molar-refractivity contribution >= 4 is 101 Å². The van der Waals surface area contributed by atoms with E-state index in [4.69, 9.17) is 0 Å². The first kappa shape index (κ1) is 17.1. The standard InChI is InChI=1S/C14H6I4N2O2/c15-9-7-8(10(16)12(18)11(9)17)14(22)20(19-13(7)21)6-4-2-1-3-5-6/h1-5H,(H,19,21). The first-order valence-corrected chi connectivity index (χ1v) is 10.3. The van der Waals surface area contributed by atoms with Gasteiger partial charge in [-0.05, 0) is 102 Å². The van der Waals surface area contributed by atoms with E-state index in [1.165, 1.54) is 4.68 Å². The molecule has 22 heavy (non-hydrogen) atoms. The number of H-pyrrole nitrogens is 1. The zero-order chi connectivity index (χ0) is 16.0. The average molecular weight is 742 g/mol. The topological polar surface area (TPSA) is 54.9 Å². The largest absolute Gasteiger partial charge is 0.278 e. The fourth-order valence-electron chi connectivity index (χ4n) is 2.12. The lowest BCUT2D eigenvalue weighted by Gasteiger charge is -2.11. The van der Waals surface area contributed by atoms with E-state index in [2.05, 4.69) is 95.5 Å². The first-order chi connectivity index (χ1) is 10.4. The van der Waals surface area contributed by atoms with E-state index < -0.39 is 0 Å². The van der Waals surface area contributed by atoms with Gasteiger partial charge in [0.1, 0.15) is 0 Å². The fraction of sp³-hybridized carbons (Fsp3) is 0. The van der Waals surface area contributed by atoms with Crippen LogP contribution >= 0.6 is 90.4 Å². The number of aromatic nitrogens is 2. The van der Waals surface area contributed by atoms with Crippen LogP contribution in [0.15, 0.2) is 39.9 Å². The number of nitrogens with one attached hydrogen (secondary N) is 1. The molecule has 0 saturated heterocycles. The van der Waals surface area contributed by atoms with E-state index in [1.54, 1.807) is 12.1 Å². The van der Waals surface area contributed by atoms with Gasteiger partial charge in [0.25, 0.3) is 11.1 Å². The van der Waals surface area contributed by atoms with Crippen molar-refractivity contribution in [2.24, 2.45) is 0 Å². The Labute approximate surface area is 179 Å². The third kappa shape index (κ3) is 2.76. The molecule has 1 aromatic heterocycles. The second-order valence-corrected chi connectivity index (χ2v) is 8.74. The number of hydrogen-bond acceptors (Lipinski definition) is 2. The van der Waals surface area contributed by atoms with Crippen LogP contribution in [0.2, 0.25) is 0 Å². The molecule has 8 heteroatoms. The van der Waals surface area contributed by atoms with Crippen LogP contribution in [0.3, 0.4) is 0 Å². The Bertz CT molecular complexity index is 1010. The van der Waals surface area contributed by atoms with E-state index in [0.717, 1.165) is 14.3 Å². The van der Waals surface area contributed by atoms with Gasteiger partial charge < -0.3 is 0 Å². The average Bonchev–Trinajstić information content (AvgIpc) is 2.53. The zero-order valence-corrected chi connectivity index (χ0v) is 19.3. The highest BCUT2D eigenvalue weighted by atomic mass is 127. The Hall–Kier alpha value is 0.300. The molecule has 1 N–H and O–H groups in total. The third-order valence-corrected chi connectivity index (χ3v) is 10.6.